The number of benzene rings is 2. The molecular weight excluding hydrogens is 434 g/mol. The number of hydrogen-bond donors (Lipinski definition) is 2. The van der Waals surface area contributed by atoms with Crippen LogP contribution in [0.15, 0.2) is 53.6 Å². The maximum absolute atomic E-state index is 12.4. The predicted molar refractivity (Wildman–Crippen MR) is 130 cm³/mol. The van der Waals surface area contributed by atoms with E-state index < -0.39 is 0 Å². The highest BCUT2D eigenvalue weighted by molar-refractivity contribution is 8.00. The molecule has 0 bridgehead atoms. The first kappa shape index (κ1) is 23.6. The number of nitrogens with zero attached hydrogens (tertiary/aromatic N) is 3. The number of hydrogen-bond acceptors (Lipinski definition) is 7. The highest BCUT2D eigenvalue weighted by Crippen LogP contribution is 2.36. The smallest absolute Gasteiger partial charge is 0.234 e. The van der Waals surface area contributed by atoms with E-state index in [4.69, 9.17) is 10.5 Å². The van der Waals surface area contributed by atoms with Gasteiger partial charge in [-0.2, -0.15) is 10.5 Å². The Hall–Kier alpha value is -4.01. The second kappa shape index (κ2) is 10.5. The zero-order valence-corrected chi connectivity index (χ0v) is 19.4. The molecule has 33 heavy (non-hydrogen) atoms. The molecule has 3 N–H and O–H groups in total. The molecule has 1 aromatic heterocycles. The van der Waals surface area contributed by atoms with Crippen LogP contribution in [-0.2, 0) is 4.79 Å². The fourth-order valence-electron chi connectivity index (χ4n) is 3.23. The number of aromatic nitrogens is 1. The topological polar surface area (TPSA) is 125 Å². The van der Waals surface area contributed by atoms with Gasteiger partial charge in [0.2, 0.25) is 5.91 Å². The number of methoxy groups -OCH3 is 1. The zero-order chi connectivity index (χ0) is 24.0. The molecular formula is C25H23N5O2S. The molecule has 3 aromatic rings. The van der Waals surface area contributed by atoms with E-state index in [0.29, 0.717) is 33.5 Å². The molecule has 0 aliphatic heterocycles. The highest BCUT2D eigenvalue weighted by Gasteiger charge is 2.21. The van der Waals surface area contributed by atoms with Gasteiger partial charge < -0.3 is 15.8 Å². The van der Waals surface area contributed by atoms with E-state index in [1.165, 1.54) is 0 Å². The number of carbonyl (C=O) groups is 1. The summed E-state index contributed by atoms with van der Waals surface area (Å²) in [5.74, 6) is 0.819. The van der Waals surface area contributed by atoms with Gasteiger partial charge in [0.25, 0.3) is 0 Å². The molecule has 0 fully saturated rings. The first-order chi connectivity index (χ1) is 15.9. The quantitative estimate of drug-likeness (QED) is 0.482. The lowest BCUT2D eigenvalue weighted by atomic mass is 9.94. The van der Waals surface area contributed by atoms with Gasteiger partial charge in [-0.3, -0.25) is 4.79 Å². The van der Waals surface area contributed by atoms with E-state index >= 15 is 0 Å². The summed E-state index contributed by atoms with van der Waals surface area (Å²) in [7, 11) is 1.57. The number of thioether (sulfide) groups is 1. The van der Waals surface area contributed by atoms with Crippen molar-refractivity contribution in [1.29, 1.82) is 10.5 Å². The molecule has 0 aliphatic rings. The van der Waals surface area contributed by atoms with Gasteiger partial charge in [0.05, 0.1) is 18.4 Å². The SMILES string of the molecule is COc1ccc(NC(=O)CSc2nc(N)c(C#N)c(-c3ccc(C(C)C)cc3)c2C#N)cc1. The molecule has 0 radical (unpaired) electrons. The van der Waals surface area contributed by atoms with Crippen molar-refractivity contribution in [1.82, 2.24) is 4.98 Å². The van der Waals surface area contributed by atoms with Gasteiger partial charge in [-0.15, -0.1) is 0 Å². The Balaban J connectivity index is 1.88. The van der Waals surface area contributed by atoms with Gasteiger partial charge in [-0.25, -0.2) is 4.98 Å². The molecule has 3 rings (SSSR count). The summed E-state index contributed by atoms with van der Waals surface area (Å²) in [6, 6.07) is 18.9. The third kappa shape index (κ3) is 5.43. The van der Waals surface area contributed by atoms with E-state index in [9.17, 15) is 15.3 Å². The lowest BCUT2D eigenvalue weighted by molar-refractivity contribution is -0.113. The van der Waals surface area contributed by atoms with Crippen molar-refractivity contribution in [2.75, 3.05) is 23.9 Å². The lowest BCUT2D eigenvalue weighted by Gasteiger charge is -2.14. The molecule has 7 nitrogen and oxygen atoms in total. The first-order valence-corrected chi connectivity index (χ1v) is 11.2. The summed E-state index contributed by atoms with van der Waals surface area (Å²) in [6.45, 7) is 4.18. The van der Waals surface area contributed by atoms with Crippen LogP contribution in [0.3, 0.4) is 0 Å². The number of pyridine rings is 1. The van der Waals surface area contributed by atoms with E-state index in [1.54, 1.807) is 31.4 Å². The normalized spacial score (nSPS) is 10.4. The number of nitrogens with two attached hydrogens (primary N) is 1. The summed E-state index contributed by atoms with van der Waals surface area (Å²) >= 11 is 1.10. The van der Waals surface area contributed by atoms with Crippen LogP contribution < -0.4 is 15.8 Å². The monoisotopic (exact) mass is 457 g/mol. The van der Waals surface area contributed by atoms with Crippen LogP contribution in [-0.4, -0.2) is 23.8 Å². The molecule has 2 aromatic carbocycles. The van der Waals surface area contributed by atoms with Gasteiger partial charge in [0.1, 0.15) is 34.3 Å². The number of rotatable bonds is 7. The Morgan fingerprint density at radius 1 is 1.09 bits per heavy atom. The minimum absolute atomic E-state index is 0.0186. The molecule has 8 heteroatoms. The van der Waals surface area contributed by atoms with Crippen molar-refractivity contribution in [3.8, 4) is 29.0 Å². The maximum atomic E-state index is 12.4. The number of nitriles is 2. The van der Waals surface area contributed by atoms with Gasteiger partial charge in [0.15, 0.2) is 0 Å². The molecule has 1 amide bonds. The van der Waals surface area contributed by atoms with Crippen molar-refractivity contribution in [3.05, 3.63) is 65.2 Å². The Kier molecular flexibility index (Phi) is 7.55. The largest absolute Gasteiger partial charge is 0.497 e. The van der Waals surface area contributed by atoms with Crippen LogP contribution in [0.25, 0.3) is 11.1 Å². The van der Waals surface area contributed by atoms with Crippen LogP contribution in [0.4, 0.5) is 11.5 Å². The van der Waals surface area contributed by atoms with Gasteiger partial charge >= 0.3 is 0 Å². The number of nitrogen functional groups attached to an aromatic ring is 1. The number of anilines is 2. The summed E-state index contributed by atoms with van der Waals surface area (Å²) in [5, 5.41) is 22.7. The summed E-state index contributed by atoms with van der Waals surface area (Å²) in [4.78, 5) is 16.7. The Morgan fingerprint density at radius 3 is 2.27 bits per heavy atom. The van der Waals surface area contributed by atoms with Crippen molar-refractivity contribution in [2.45, 2.75) is 24.8 Å². The third-order valence-corrected chi connectivity index (χ3v) is 5.97. The van der Waals surface area contributed by atoms with Gasteiger partial charge in [0, 0.05) is 11.3 Å². The molecule has 0 atom stereocenters. The standard InChI is InChI=1S/C25H23N5O2S/c1-15(2)16-4-6-17(7-5-16)23-20(12-26)24(28)30-25(21(23)13-27)33-14-22(31)29-18-8-10-19(32-3)11-9-18/h4-11,15H,14H2,1-3H3,(H2,28,30)(H,29,31). The zero-order valence-electron chi connectivity index (χ0n) is 18.5. The Bertz CT molecular complexity index is 1240. The van der Waals surface area contributed by atoms with E-state index in [0.717, 1.165) is 17.3 Å². The minimum Gasteiger partial charge on any atom is -0.497 e. The number of ether oxygens (including phenoxy) is 1. The number of nitrogens with one attached hydrogen (secondary N) is 1. The maximum Gasteiger partial charge on any atom is 0.234 e. The summed E-state index contributed by atoms with van der Waals surface area (Å²) < 4.78 is 5.11. The second-order valence-corrected chi connectivity index (χ2v) is 8.46. The van der Waals surface area contributed by atoms with Crippen LogP contribution in [0.2, 0.25) is 0 Å². The molecule has 0 unspecified atom stereocenters. The van der Waals surface area contributed by atoms with Crippen LogP contribution in [0.1, 0.15) is 36.5 Å². The Labute approximate surface area is 197 Å². The molecule has 0 spiro atoms. The van der Waals surface area contributed by atoms with Crippen molar-refractivity contribution in [3.63, 3.8) is 0 Å². The average Bonchev–Trinajstić information content (AvgIpc) is 2.82. The summed E-state index contributed by atoms with van der Waals surface area (Å²) in [5.41, 5.74) is 9.33. The fourth-order valence-corrected chi connectivity index (χ4v) is 4.03. The summed E-state index contributed by atoms with van der Waals surface area (Å²) in [6.07, 6.45) is 0. The first-order valence-electron chi connectivity index (χ1n) is 10.2. The molecule has 0 saturated heterocycles. The minimum atomic E-state index is -0.262. The molecule has 0 aliphatic carbocycles. The second-order valence-electron chi connectivity index (χ2n) is 7.49. The Morgan fingerprint density at radius 2 is 1.73 bits per heavy atom. The third-order valence-electron chi connectivity index (χ3n) is 5.00. The molecule has 1 heterocycles. The fraction of sp³-hybridized carbons (Fsp3) is 0.200. The predicted octanol–water partition coefficient (Wildman–Crippen LogP) is 4.94. The molecule has 166 valence electrons. The lowest BCUT2D eigenvalue weighted by Crippen LogP contribution is -2.14. The average molecular weight is 458 g/mol. The highest BCUT2D eigenvalue weighted by atomic mass is 32.2. The van der Waals surface area contributed by atoms with Gasteiger partial charge in [-0.05, 0) is 41.3 Å². The van der Waals surface area contributed by atoms with Gasteiger partial charge in [-0.1, -0.05) is 49.9 Å². The number of carbonyl (C=O) groups excluding carboxylic acids is 1. The number of amides is 1. The van der Waals surface area contributed by atoms with E-state index in [-0.39, 0.29) is 28.6 Å². The van der Waals surface area contributed by atoms with Crippen LogP contribution in [0, 0.1) is 22.7 Å². The van der Waals surface area contributed by atoms with E-state index in [1.807, 2.05) is 24.3 Å². The van der Waals surface area contributed by atoms with Crippen LogP contribution in [0.5, 0.6) is 5.75 Å². The van der Waals surface area contributed by atoms with Crippen LogP contribution >= 0.6 is 11.8 Å². The van der Waals surface area contributed by atoms with Crippen molar-refractivity contribution in [2.24, 2.45) is 0 Å². The van der Waals surface area contributed by atoms with Crippen molar-refractivity contribution >= 4 is 29.2 Å². The van der Waals surface area contributed by atoms with Crippen molar-refractivity contribution < 1.29 is 9.53 Å². The van der Waals surface area contributed by atoms with E-state index in [2.05, 4.69) is 36.3 Å². The molecule has 0 saturated carbocycles.